The first-order valence-corrected chi connectivity index (χ1v) is 8.13. The first-order valence-electron chi connectivity index (χ1n) is 4.91. The van der Waals surface area contributed by atoms with Crippen molar-refractivity contribution in [2.24, 2.45) is 11.8 Å². The average molecular weight is 274 g/mol. The van der Waals surface area contributed by atoms with Gasteiger partial charge in [-0.2, -0.15) is 16.8 Å². The van der Waals surface area contributed by atoms with Gasteiger partial charge in [-0.25, -0.2) is 0 Å². The Kier molecular flexibility index (Phi) is 5.88. The predicted octanol–water partition coefficient (Wildman–Crippen LogP) is 0.814. The molecule has 0 fully saturated rings. The Bertz CT molecular complexity index is 356. The topological polar surface area (TPSA) is 109 Å². The second-order valence-corrected chi connectivity index (χ2v) is 7.25. The Balaban J connectivity index is 4.05. The van der Waals surface area contributed by atoms with E-state index in [1.807, 2.05) is 0 Å². The van der Waals surface area contributed by atoms with E-state index in [4.69, 9.17) is 9.11 Å². The fourth-order valence-electron chi connectivity index (χ4n) is 1.24. The molecule has 0 saturated carbocycles. The maximum absolute atomic E-state index is 10.5. The van der Waals surface area contributed by atoms with Gasteiger partial charge in [-0.05, 0) is 24.7 Å². The summed E-state index contributed by atoms with van der Waals surface area (Å²) in [6.07, 6.45) is 0.539. The second-order valence-electron chi connectivity index (χ2n) is 4.10. The highest BCUT2D eigenvalue weighted by Gasteiger charge is 2.17. The largest absolute Gasteiger partial charge is 0.286 e. The third-order valence-corrected chi connectivity index (χ3v) is 4.14. The lowest BCUT2D eigenvalue weighted by atomic mass is 9.91. The Morgan fingerprint density at radius 2 is 1.06 bits per heavy atom. The van der Waals surface area contributed by atoms with Crippen LogP contribution in [0.3, 0.4) is 0 Å². The maximum atomic E-state index is 10.5. The molecule has 0 amide bonds. The zero-order valence-electron chi connectivity index (χ0n) is 9.33. The molecule has 6 nitrogen and oxygen atoms in total. The average Bonchev–Trinajstić information content (AvgIpc) is 2.07. The van der Waals surface area contributed by atoms with Crippen molar-refractivity contribution in [2.75, 3.05) is 11.5 Å². The van der Waals surface area contributed by atoms with E-state index in [0.29, 0.717) is 0 Å². The van der Waals surface area contributed by atoms with E-state index < -0.39 is 20.2 Å². The predicted molar refractivity (Wildman–Crippen MR) is 60.4 cm³/mol. The lowest BCUT2D eigenvalue weighted by Gasteiger charge is -2.18. The summed E-state index contributed by atoms with van der Waals surface area (Å²) in [7, 11) is -7.93. The number of rotatable bonds is 7. The standard InChI is InChI=1S/C8H18O6S2/c1-7(3-5-15(9,10)11)8(2)4-6-16(12,13)14/h7-8H,3-6H2,1-2H3,(H,9,10,11)(H,12,13,14). The Labute approximate surface area is 96.6 Å². The molecule has 0 bridgehead atoms. The van der Waals surface area contributed by atoms with Crippen molar-refractivity contribution in [1.29, 1.82) is 0 Å². The van der Waals surface area contributed by atoms with Crippen molar-refractivity contribution in [3.05, 3.63) is 0 Å². The molecule has 0 heterocycles. The summed E-state index contributed by atoms with van der Waals surface area (Å²) in [6, 6.07) is 0. The first kappa shape index (κ1) is 15.8. The van der Waals surface area contributed by atoms with Crippen LogP contribution in [-0.2, 0) is 20.2 Å². The minimum absolute atomic E-state index is 0.0383. The van der Waals surface area contributed by atoms with E-state index in [0.717, 1.165) is 0 Å². The molecule has 2 unspecified atom stereocenters. The molecule has 0 aromatic heterocycles. The second kappa shape index (κ2) is 5.95. The molecule has 0 aliphatic carbocycles. The molecular weight excluding hydrogens is 256 g/mol. The molecule has 0 aliphatic heterocycles. The van der Waals surface area contributed by atoms with Crippen molar-refractivity contribution >= 4 is 20.2 Å². The molecule has 98 valence electrons. The highest BCUT2D eigenvalue weighted by Crippen LogP contribution is 2.19. The van der Waals surface area contributed by atoms with Gasteiger partial charge in [0.15, 0.2) is 0 Å². The van der Waals surface area contributed by atoms with Crippen molar-refractivity contribution in [3.8, 4) is 0 Å². The molecule has 0 aromatic rings. The summed E-state index contributed by atoms with van der Waals surface area (Å²) in [5.74, 6) is -0.735. The molecule has 0 rings (SSSR count). The SMILES string of the molecule is CC(CCS(=O)(=O)O)C(C)CCS(=O)(=O)O. The van der Waals surface area contributed by atoms with Gasteiger partial charge in [0.25, 0.3) is 20.2 Å². The quantitative estimate of drug-likeness (QED) is 0.665. The Hall–Kier alpha value is -0.180. The van der Waals surface area contributed by atoms with Crippen LogP contribution in [0.4, 0.5) is 0 Å². The fourth-order valence-corrected chi connectivity index (χ4v) is 2.58. The van der Waals surface area contributed by atoms with Crippen molar-refractivity contribution in [2.45, 2.75) is 26.7 Å². The molecule has 16 heavy (non-hydrogen) atoms. The third kappa shape index (κ3) is 9.08. The van der Waals surface area contributed by atoms with Gasteiger partial charge in [0.05, 0.1) is 11.5 Å². The van der Waals surface area contributed by atoms with E-state index in [9.17, 15) is 16.8 Å². The highest BCUT2D eigenvalue weighted by molar-refractivity contribution is 7.86. The van der Waals surface area contributed by atoms with E-state index in [2.05, 4.69) is 0 Å². The fraction of sp³-hybridized carbons (Fsp3) is 1.00. The van der Waals surface area contributed by atoms with Crippen molar-refractivity contribution < 1.29 is 25.9 Å². The van der Waals surface area contributed by atoms with Gasteiger partial charge in [0, 0.05) is 0 Å². The van der Waals surface area contributed by atoms with Crippen LogP contribution in [0.2, 0.25) is 0 Å². The van der Waals surface area contributed by atoms with Gasteiger partial charge < -0.3 is 0 Å². The van der Waals surface area contributed by atoms with Gasteiger partial charge in [-0.3, -0.25) is 9.11 Å². The minimum atomic E-state index is -3.96. The Morgan fingerprint density at radius 3 is 1.25 bits per heavy atom. The normalized spacial score (nSPS) is 17.0. The maximum Gasteiger partial charge on any atom is 0.264 e. The van der Waals surface area contributed by atoms with Crippen molar-refractivity contribution in [3.63, 3.8) is 0 Å². The molecule has 0 aliphatic rings. The minimum Gasteiger partial charge on any atom is -0.286 e. The first-order chi connectivity index (χ1) is 7.01. The van der Waals surface area contributed by atoms with Crippen LogP contribution >= 0.6 is 0 Å². The molecule has 0 radical (unpaired) electrons. The van der Waals surface area contributed by atoms with Crippen LogP contribution in [0.1, 0.15) is 26.7 Å². The molecule has 2 N–H and O–H groups in total. The molecule has 0 aromatic carbocycles. The summed E-state index contributed by atoms with van der Waals surface area (Å²) >= 11 is 0. The van der Waals surface area contributed by atoms with E-state index >= 15 is 0 Å². The van der Waals surface area contributed by atoms with E-state index in [-0.39, 0.29) is 36.2 Å². The zero-order valence-corrected chi connectivity index (χ0v) is 11.0. The summed E-state index contributed by atoms with van der Waals surface area (Å²) in [4.78, 5) is 0. The van der Waals surface area contributed by atoms with Crippen molar-refractivity contribution in [1.82, 2.24) is 0 Å². The van der Waals surface area contributed by atoms with Crippen LogP contribution in [0.5, 0.6) is 0 Å². The van der Waals surface area contributed by atoms with Gasteiger partial charge in [0.1, 0.15) is 0 Å². The van der Waals surface area contributed by atoms with Gasteiger partial charge >= 0.3 is 0 Å². The lowest BCUT2D eigenvalue weighted by Crippen LogP contribution is -2.17. The highest BCUT2D eigenvalue weighted by atomic mass is 32.2. The molecule has 8 heteroatoms. The lowest BCUT2D eigenvalue weighted by molar-refractivity contribution is 0.359. The van der Waals surface area contributed by atoms with E-state index in [1.165, 1.54) is 0 Å². The van der Waals surface area contributed by atoms with Crippen LogP contribution in [0, 0.1) is 11.8 Å². The van der Waals surface area contributed by atoms with Gasteiger partial charge in [-0.1, -0.05) is 13.8 Å². The van der Waals surface area contributed by atoms with Crippen LogP contribution in [-0.4, -0.2) is 37.4 Å². The summed E-state index contributed by atoms with van der Waals surface area (Å²) < 4.78 is 59.1. The van der Waals surface area contributed by atoms with Crippen LogP contribution < -0.4 is 0 Å². The number of hydrogen-bond donors (Lipinski definition) is 2. The summed E-state index contributed by atoms with van der Waals surface area (Å²) in [6.45, 7) is 3.56. The van der Waals surface area contributed by atoms with Gasteiger partial charge in [-0.15, -0.1) is 0 Å². The summed E-state index contributed by atoms with van der Waals surface area (Å²) in [5, 5.41) is 0. The zero-order chi connectivity index (χ0) is 13.0. The monoisotopic (exact) mass is 274 g/mol. The van der Waals surface area contributed by atoms with Crippen LogP contribution in [0.15, 0.2) is 0 Å². The van der Waals surface area contributed by atoms with Crippen LogP contribution in [0.25, 0.3) is 0 Å². The summed E-state index contributed by atoms with van der Waals surface area (Å²) in [5.41, 5.74) is 0. The Morgan fingerprint density at radius 1 is 0.812 bits per heavy atom. The number of hydrogen-bond acceptors (Lipinski definition) is 4. The van der Waals surface area contributed by atoms with E-state index in [1.54, 1.807) is 13.8 Å². The molecular formula is C8H18O6S2. The third-order valence-electron chi connectivity index (χ3n) is 2.63. The molecule has 2 atom stereocenters. The van der Waals surface area contributed by atoms with Gasteiger partial charge in [0.2, 0.25) is 0 Å². The molecule has 0 saturated heterocycles. The smallest absolute Gasteiger partial charge is 0.264 e. The molecule has 0 spiro atoms.